The first-order valence-corrected chi connectivity index (χ1v) is 11.1. The van der Waals surface area contributed by atoms with Crippen molar-refractivity contribution in [3.63, 3.8) is 0 Å². The molecule has 1 saturated carbocycles. The topological polar surface area (TPSA) is 66.5 Å². The summed E-state index contributed by atoms with van der Waals surface area (Å²) >= 11 is 5.96. The van der Waals surface area contributed by atoms with Crippen LogP contribution in [0, 0.1) is 0 Å². The van der Waals surface area contributed by atoms with E-state index in [0.29, 0.717) is 18.0 Å². The second-order valence-electron chi connectivity index (χ2n) is 6.69. The van der Waals surface area contributed by atoms with Crippen LogP contribution in [0.25, 0.3) is 0 Å². The number of benzene rings is 1. The first-order valence-electron chi connectivity index (χ1n) is 8.83. The lowest BCUT2D eigenvalue weighted by molar-refractivity contribution is -0.122. The monoisotopic (exact) mass is 386 g/mol. The molecule has 7 heteroatoms. The van der Waals surface area contributed by atoms with Crippen molar-refractivity contribution in [2.45, 2.75) is 51.0 Å². The van der Waals surface area contributed by atoms with Gasteiger partial charge in [0.05, 0.1) is 6.26 Å². The van der Waals surface area contributed by atoms with Gasteiger partial charge in [-0.2, -0.15) is 0 Å². The number of nitrogens with one attached hydrogen (secondary N) is 1. The third kappa shape index (κ3) is 7.34. The predicted molar refractivity (Wildman–Crippen MR) is 101 cm³/mol. The maximum absolute atomic E-state index is 12.1. The fraction of sp³-hybridized carbons (Fsp3) is 0.611. The highest BCUT2D eigenvalue weighted by Gasteiger charge is 2.20. The number of hydrogen-bond donors (Lipinski definition) is 1. The van der Waals surface area contributed by atoms with Crippen LogP contribution in [0.2, 0.25) is 5.02 Å². The van der Waals surface area contributed by atoms with E-state index in [9.17, 15) is 13.2 Å². The number of rotatable bonds is 8. The maximum atomic E-state index is 12.1. The van der Waals surface area contributed by atoms with E-state index in [2.05, 4.69) is 5.32 Å². The molecule has 1 aliphatic rings. The highest BCUT2D eigenvalue weighted by molar-refractivity contribution is 7.88. The molecule has 0 heterocycles. The van der Waals surface area contributed by atoms with Gasteiger partial charge in [-0.1, -0.05) is 43.0 Å². The molecular formula is C18H27ClN2O3S. The Hall–Kier alpha value is -1.11. The van der Waals surface area contributed by atoms with Gasteiger partial charge in [0.2, 0.25) is 15.9 Å². The molecular weight excluding hydrogens is 360 g/mol. The number of halogens is 1. The summed E-state index contributed by atoms with van der Waals surface area (Å²) in [6, 6.07) is 7.63. The largest absolute Gasteiger partial charge is 0.353 e. The number of hydrogen-bond acceptors (Lipinski definition) is 3. The van der Waals surface area contributed by atoms with Crippen molar-refractivity contribution >= 4 is 27.5 Å². The molecule has 1 N–H and O–H groups in total. The van der Waals surface area contributed by atoms with Crippen LogP contribution in [0.4, 0.5) is 0 Å². The average Bonchev–Trinajstić information content (AvgIpc) is 2.54. The van der Waals surface area contributed by atoms with Gasteiger partial charge in [-0.05, 0) is 37.0 Å². The molecule has 1 fully saturated rings. The van der Waals surface area contributed by atoms with Crippen LogP contribution in [-0.2, 0) is 21.2 Å². The van der Waals surface area contributed by atoms with Crippen LogP contribution in [0.5, 0.6) is 0 Å². The van der Waals surface area contributed by atoms with E-state index in [1.807, 2.05) is 18.2 Å². The van der Waals surface area contributed by atoms with Crippen molar-refractivity contribution in [1.82, 2.24) is 9.62 Å². The van der Waals surface area contributed by atoms with Gasteiger partial charge in [0, 0.05) is 30.6 Å². The average molecular weight is 387 g/mol. The molecule has 0 saturated heterocycles. The standard InChI is InChI=1S/C18H27ClN2O3S/c1-25(23,24)21(12-10-15-6-5-7-16(19)14-15)13-11-18(22)20-17-8-3-2-4-9-17/h5-7,14,17H,2-4,8-13H2,1H3,(H,20,22). The van der Waals surface area contributed by atoms with E-state index in [1.54, 1.807) is 6.07 Å². The summed E-state index contributed by atoms with van der Waals surface area (Å²) < 4.78 is 25.4. The smallest absolute Gasteiger partial charge is 0.221 e. The van der Waals surface area contributed by atoms with E-state index in [-0.39, 0.29) is 24.9 Å². The van der Waals surface area contributed by atoms with Crippen molar-refractivity contribution in [3.05, 3.63) is 34.9 Å². The van der Waals surface area contributed by atoms with Gasteiger partial charge >= 0.3 is 0 Å². The molecule has 2 rings (SSSR count). The van der Waals surface area contributed by atoms with Crippen LogP contribution >= 0.6 is 11.6 Å². The fourth-order valence-corrected chi connectivity index (χ4v) is 4.22. The molecule has 25 heavy (non-hydrogen) atoms. The number of nitrogens with zero attached hydrogens (tertiary/aromatic N) is 1. The summed E-state index contributed by atoms with van der Waals surface area (Å²) in [7, 11) is -3.35. The third-order valence-corrected chi connectivity index (χ3v) is 6.10. The zero-order chi connectivity index (χ0) is 18.3. The Bertz CT molecular complexity index is 673. The van der Waals surface area contributed by atoms with Crippen LogP contribution in [0.15, 0.2) is 24.3 Å². The first kappa shape index (κ1) is 20.2. The minimum Gasteiger partial charge on any atom is -0.353 e. The van der Waals surface area contributed by atoms with Gasteiger partial charge in [-0.25, -0.2) is 12.7 Å². The van der Waals surface area contributed by atoms with Gasteiger partial charge in [-0.3, -0.25) is 4.79 Å². The van der Waals surface area contributed by atoms with E-state index < -0.39 is 10.0 Å². The molecule has 0 aromatic heterocycles. The summed E-state index contributed by atoms with van der Waals surface area (Å²) in [4.78, 5) is 12.1. The molecule has 0 spiro atoms. The highest BCUT2D eigenvalue weighted by atomic mass is 35.5. The molecule has 1 amide bonds. The van der Waals surface area contributed by atoms with Crippen LogP contribution in [-0.4, -0.2) is 44.0 Å². The molecule has 1 aromatic rings. The van der Waals surface area contributed by atoms with E-state index in [0.717, 1.165) is 31.2 Å². The van der Waals surface area contributed by atoms with Gasteiger partial charge in [0.15, 0.2) is 0 Å². The van der Waals surface area contributed by atoms with Crippen LogP contribution < -0.4 is 5.32 Å². The SMILES string of the molecule is CS(=O)(=O)N(CCC(=O)NC1CCCCC1)CCc1cccc(Cl)c1. The zero-order valence-electron chi connectivity index (χ0n) is 14.7. The van der Waals surface area contributed by atoms with Gasteiger partial charge in [-0.15, -0.1) is 0 Å². The summed E-state index contributed by atoms with van der Waals surface area (Å²) in [5, 5.41) is 3.66. The minimum absolute atomic E-state index is 0.0664. The van der Waals surface area contributed by atoms with Crippen molar-refractivity contribution in [1.29, 1.82) is 0 Å². The molecule has 0 aliphatic heterocycles. The van der Waals surface area contributed by atoms with E-state index >= 15 is 0 Å². The lowest BCUT2D eigenvalue weighted by atomic mass is 9.95. The molecule has 1 aliphatic carbocycles. The number of amides is 1. The van der Waals surface area contributed by atoms with Crippen molar-refractivity contribution < 1.29 is 13.2 Å². The predicted octanol–water partition coefficient (Wildman–Crippen LogP) is 2.98. The summed E-state index contributed by atoms with van der Waals surface area (Å²) in [6.45, 7) is 0.549. The Balaban J connectivity index is 1.84. The zero-order valence-corrected chi connectivity index (χ0v) is 16.3. The Morgan fingerprint density at radius 3 is 2.60 bits per heavy atom. The minimum atomic E-state index is -3.35. The molecule has 0 radical (unpaired) electrons. The quantitative estimate of drug-likeness (QED) is 0.746. The number of sulfonamides is 1. The maximum Gasteiger partial charge on any atom is 0.221 e. The van der Waals surface area contributed by atoms with Crippen molar-refractivity contribution in [3.8, 4) is 0 Å². The molecule has 5 nitrogen and oxygen atoms in total. The second-order valence-corrected chi connectivity index (χ2v) is 9.11. The molecule has 1 aromatic carbocycles. The summed E-state index contributed by atoms with van der Waals surface area (Å²) in [5.41, 5.74) is 0.979. The lowest BCUT2D eigenvalue weighted by Gasteiger charge is -2.24. The number of carbonyl (C=O) groups is 1. The van der Waals surface area contributed by atoms with Crippen molar-refractivity contribution in [2.24, 2.45) is 0 Å². The Labute approximate surface area is 155 Å². The Morgan fingerprint density at radius 2 is 1.96 bits per heavy atom. The first-order chi connectivity index (χ1) is 11.8. The summed E-state index contributed by atoms with van der Waals surface area (Å²) in [6.07, 6.45) is 7.53. The van der Waals surface area contributed by atoms with Gasteiger partial charge < -0.3 is 5.32 Å². The molecule has 0 unspecified atom stereocenters. The van der Waals surface area contributed by atoms with Gasteiger partial charge in [0.25, 0.3) is 0 Å². The fourth-order valence-electron chi connectivity index (χ4n) is 3.16. The normalized spacial score (nSPS) is 16.1. The Morgan fingerprint density at radius 1 is 1.24 bits per heavy atom. The molecule has 140 valence electrons. The van der Waals surface area contributed by atoms with Crippen LogP contribution in [0.1, 0.15) is 44.1 Å². The van der Waals surface area contributed by atoms with E-state index in [4.69, 9.17) is 11.6 Å². The Kier molecular flexibility index (Phi) is 7.72. The summed E-state index contributed by atoms with van der Waals surface area (Å²) in [5.74, 6) is -0.0664. The highest BCUT2D eigenvalue weighted by Crippen LogP contribution is 2.17. The van der Waals surface area contributed by atoms with Crippen molar-refractivity contribution in [2.75, 3.05) is 19.3 Å². The lowest BCUT2D eigenvalue weighted by Crippen LogP contribution is -2.39. The molecule has 0 bridgehead atoms. The second kappa shape index (κ2) is 9.55. The third-order valence-electron chi connectivity index (χ3n) is 4.57. The van der Waals surface area contributed by atoms with Crippen LogP contribution in [0.3, 0.4) is 0 Å². The number of carbonyl (C=O) groups excluding carboxylic acids is 1. The van der Waals surface area contributed by atoms with Gasteiger partial charge in [0.1, 0.15) is 0 Å². The van der Waals surface area contributed by atoms with E-state index in [1.165, 1.54) is 17.0 Å². The molecule has 0 atom stereocenters.